The average Bonchev–Trinajstić information content (AvgIpc) is 2.72. The molecule has 2 rings (SSSR count). The van der Waals surface area contributed by atoms with Crippen molar-refractivity contribution in [2.45, 2.75) is 33.7 Å². The Morgan fingerprint density at radius 3 is 2.63 bits per heavy atom. The lowest BCUT2D eigenvalue weighted by atomic mass is 10.2. The predicted octanol–water partition coefficient (Wildman–Crippen LogP) is 3.94. The molecule has 19 heavy (non-hydrogen) atoms. The summed E-state index contributed by atoms with van der Waals surface area (Å²) in [5, 5.41) is 1.03. The Morgan fingerprint density at radius 2 is 2.11 bits per heavy atom. The van der Waals surface area contributed by atoms with E-state index in [0.29, 0.717) is 0 Å². The molecule has 2 aromatic rings. The normalized spacial score (nSPS) is 12.5. The van der Waals surface area contributed by atoms with E-state index in [-0.39, 0.29) is 6.04 Å². The molecule has 0 saturated carbocycles. The van der Waals surface area contributed by atoms with Crippen LogP contribution in [0.2, 0.25) is 0 Å². The fraction of sp³-hybridized carbons (Fsp3) is 0.400. The van der Waals surface area contributed by atoms with Gasteiger partial charge in [0.25, 0.3) is 0 Å². The SMILES string of the molecule is CCN(c1cccc(C)c1)c1nc(C)c(C(C)N)s1. The number of thiazole rings is 1. The summed E-state index contributed by atoms with van der Waals surface area (Å²) >= 11 is 1.69. The van der Waals surface area contributed by atoms with Crippen LogP contribution in [0.4, 0.5) is 10.8 Å². The molecule has 0 bridgehead atoms. The van der Waals surface area contributed by atoms with Crippen LogP contribution in [0.1, 0.15) is 36.0 Å². The summed E-state index contributed by atoms with van der Waals surface area (Å²) in [7, 11) is 0. The Morgan fingerprint density at radius 1 is 1.37 bits per heavy atom. The number of hydrogen-bond donors (Lipinski definition) is 1. The van der Waals surface area contributed by atoms with E-state index < -0.39 is 0 Å². The number of benzene rings is 1. The van der Waals surface area contributed by atoms with E-state index in [9.17, 15) is 0 Å². The summed E-state index contributed by atoms with van der Waals surface area (Å²) in [6.07, 6.45) is 0. The fourth-order valence-electron chi connectivity index (χ4n) is 2.16. The standard InChI is InChI=1S/C15H21N3S/c1-5-18(13-8-6-7-10(2)9-13)15-17-12(4)14(19-15)11(3)16/h6-9,11H,5,16H2,1-4H3. The van der Waals surface area contributed by atoms with Crippen LogP contribution in [0.15, 0.2) is 24.3 Å². The van der Waals surface area contributed by atoms with Crippen molar-refractivity contribution in [2.24, 2.45) is 5.73 Å². The highest BCUT2D eigenvalue weighted by molar-refractivity contribution is 7.15. The lowest BCUT2D eigenvalue weighted by Crippen LogP contribution is -2.15. The number of rotatable bonds is 4. The number of nitrogens with two attached hydrogens (primary N) is 1. The van der Waals surface area contributed by atoms with Crippen molar-refractivity contribution in [3.63, 3.8) is 0 Å². The molecule has 4 heteroatoms. The first kappa shape index (κ1) is 14.0. The molecule has 1 aromatic heterocycles. The maximum atomic E-state index is 5.98. The third kappa shape index (κ3) is 2.96. The Kier molecular flexibility index (Phi) is 4.22. The van der Waals surface area contributed by atoms with Gasteiger partial charge in [-0.25, -0.2) is 4.98 Å². The van der Waals surface area contributed by atoms with E-state index in [1.807, 2.05) is 13.8 Å². The Balaban J connectivity index is 2.40. The van der Waals surface area contributed by atoms with Gasteiger partial charge in [-0.05, 0) is 45.4 Å². The van der Waals surface area contributed by atoms with Crippen LogP contribution in [-0.4, -0.2) is 11.5 Å². The van der Waals surface area contributed by atoms with Crippen LogP contribution in [0.25, 0.3) is 0 Å². The molecular formula is C15H21N3S. The highest BCUT2D eigenvalue weighted by atomic mass is 32.1. The Labute approximate surface area is 119 Å². The lowest BCUT2D eigenvalue weighted by Gasteiger charge is -2.20. The van der Waals surface area contributed by atoms with Crippen molar-refractivity contribution in [2.75, 3.05) is 11.4 Å². The largest absolute Gasteiger partial charge is 0.323 e. The van der Waals surface area contributed by atoms with Crippen molar-refractivity contribution in [1.29, 1.82) is 0 Å². The van der Waals surface area contributed by atoms with Crippen molar-refractivity contribution >= 4 is 22.2 Å². The topological polar surface area (TPSA) is 42.2 Å². The molecule has 0 fully saturated rings. The van der Waals surface area contributed by atoms with Gasteiger partial charge in [0.05, 0.1) is 5.69 Å². The van der Waals surface area contributed by atoms with Gasteiger partial charge in [-0.1, -0.05) is 23.5 Å². The fourth-order valence-corrected chi connectivity index (χ4v) is 3.26. The van der Waals surface area contributed by atoms with E-state index >= 15 is 0 Å². The molecular weight excluding hydrogens is 254 g/mol. The summed E-state index contributed by atoms with van der Waals surface area (Å²) in [6, 6.07) is 8.55. The van der Waals surface area contributed by atoms with E-state index in [1.165, 1.54) is 16.1 Å². The zero-order chi connectivity index (χ0) is 14.0. The predicted molar refractivity (Wildman–Crippen MR) is 83.3 cm³/mol. The van der Waals surface area contributed by atoms with Gasteiger partial charge in [0, 0.05) is 23.2 Å². The Bertz CT molecular complexity index is 560. The molecule has 2 N–H and O–H groups in total. The molecule has 1 unspecified atom stereocenters. The molecule has 0 amide bonds. The smallest absolute Gasteiger partial charge is 0.190 e. The zero-order valence-corrected chi connectivity index (χ0v) is 12.8. The maximum Gasteiger partial charge on any atom is 0.190 e. The highest BCUT2D eigenvalue weighted by Gasteiger charge is 2.16. The second kappa shape index (κ2) is 5.72. The summed E-state index contributed by atoms with van der Waals surface area (Å²) in [5.74, 6) is 0. The second-order valence-electron chi connectivity index (χ2n) is 4.82. The molecule has 1 atom stereocenters. The van der Waals surface area contributed by atoms with E-state index in [0.717, 1.165) is 17.4 Å². The minimum Gasteiger partial charge on any atom is -0.323 e. The molecule has 0 aliphatic rings. The molecule has 0 spiro atoms. The van der Waals surface area contributed by atoms with E-state index in [1.54, 1.807) is 11.3 Å². The van der Waals surface area contributed by atoms with E-state index in [2.05, 4.69) is 48.0 Å². The van der Waals surface area contributed by atoms with Gasteiger partial charge in [0.15, 0.2) is 5.13 Å². The number of nitrogens with zero attached hydrogens (tertiary/aromatic N) is 2. The van der Waals surface area contributed by atoms with Gasteiger partial charge in [0.1, 0.15) is 0 Å². The van der Waals surface area contributed by atoms with Gasteiger partial charge in [-0.2, -0.15) is 0 Å². The van der Waals surface area contributed by atoms with Crippen LogP contribution in [0.5, 0.6) is 0 Å². The molecule has 0 radical (unpaired) electrons. The van der Waals surface area contributed by atoms with Crippen molar-refractivity contribution in [3.05, 3.63) is 40.4 Å². The number of anilines is 2. The molecule has 1 heterocycles. The third-order valence-electron chi connectivity index (χ3n) is 3.10. The summed E-state index contributed by atoms with van der Waals surface area (Å²) < 4.78 is 0. The number of hydrogen-bond acceptors (Lipinski definition) is 4. The van der Waals surface area contributed by atoms with Gasteiger partial charge in [-0.15, -0.1) is 0 Å². The quantitative estimate of drug-likeness (QED) is 0.919. The minimum atomic E-state index is 0.0439. The monoisotopic (exact) mass is 275 g/mol. The minimum absolute atomic E-state index is 0.0439. The molecule has 0 saturated heterocycles. The highest BCUT2D eigenvalue weighted by Crippen LogP contribution is 2.33. The van der Waals surface area contributed by atoms with Crippen molar-refractivity contribution < 1.29 is 0 Å². The first-order valence-corrected chi connectivity index (χ1v) is 7.41. The maximum absolute atomic E-state index is 5.98. The van der Waals surface area contributed by atoms with Crippen LogP contribution in [-0.2, 0) is 0 Å². The molecule has 0 aliphatic heterocycles. The third-order valence-corrected chi connectivity index (χ3v) is 4.48. The summed E-state index contributed by atoms with van der Waals surface area (Å²) in [5.41, 5.74) is 9.48. The zero-order valence-electron chi connectivity index (χ0n) is 12.0. The van der Waals surface area contributed by atoms with Gasteiger partial charge in [0.2, 0.25) is 0 Å². The molecule has 0 aliphatic carbocycles. The van der Waals surface area contributed by atoms with Crippen LogP contribution in [0, 0.1) is 13.8 Å². The second-order valence-corrected chi connectivity index (χ2v) is 5.83. The summed E-state index contributed by atoms with van der Waals surface area (Å²) in [4.78, 5) is 8.07. The molecule has 3 nitrogen and oxygen atoms in total. The first-order chi connectivity index (χ1) is 9.02. The molecule has 1 aromatic carbocycles. The van der Waals surface area contributed by atoms with Crippen LogP contribution >= 0.6 is 11.3 Å². The average molecular weight is 275 g/mol. The van der Waals surface area contributed by atoms with Gasteiger partial charge in [-0.3, -0.25) is 0 Å². The Hall–Kier alpha value is -1.39. The summed E-state index contributed by atoms with van der Waals surface area (Å²) in [6.45, 7) is 9.19. The first-order valence-electron chi connectivity index (χ1n) is 6.60. The van der Waals surface area contributed by atoms with Crippen molar-refractivity contribution in [1.82, 2.24) is 4.98 Å². The van der Waals surface area contributed by atoms with Crippen LogP contribution in [0.3, 0.4) is 0 Å². The lowest BCUT2D eigenvalue weighted by molar-refractivity contribution is 0.825. The van der Waals surface area contributed by atoms with Gasteiger partial charge >= 0.3 is 0 Å². The van der Waals surface area contributed by atoms with Crippen molar-refractivity contribution in [3.8, 4) is 0 Å². The number of aromatic nitrogens is 1. The van der Waals surface area contributed by atoms with Gasteiger partial charge < -0.3 is 10.6 Å². The molecule has 102 valence electrons. The van der Waals surface area contributed by atoms with E-state index in [4.69, 9.17) is 5.73 Å². The van der Waals surface area contributed by atoms with Crippen LogP contribution < -0.4 is 10.6 Å². The number of aryl methyl sites for hydroxylation is 2.